The molecule has 50 heavy (non-hydrogen) atoms. The van der Waals surface area contributed by atoms with Gasteiger partial charge in [0.1, 0.15) is 22.8 Å². The van der Waals surface area contributed by atoms with Crippen molar-refractivity contribution in [3.63, 3.8) is 0 Å². The Balaban J connectivity index is 1.20. The molecule has 262 valence electrons. The molecule has 3 atom stereocenters. The van der Waals surface area contributed by atoms with Crippen molar-refractivity contribution in [2.45, 2.75) is 57.5 Å². The number of piperazine rings is 1. The maximum absolute atomic E-state index is 17.1. The minimum absolute atomic E-state index is 0.0178. The molecule has 8 nitrogen and oxygen atoms in total. The number of likely N-dealkylation sites (tertiary alicyclic amines) is 1. The van der Waals surface area contributed by atoms with Crippen molar-refractivity contribution >= 4 is 27.5 Å². The Hall–Kier alpha value is -4.12. The predicted molar refractivity (Wildman–Crippen MR) is 179 cm³/mol. The first kappa shape index (κ1) is 33.0. The topological polar surface area (TPSA) is 75.6 Å². The number of rotatable bonds is 7. The Labute approximate surface area is 286 Å². The van der Waals surface area contributed by atoms with Gasteiger partial charge in [0.15, 0.2) is 5.82 Å². The Morgan fingerprint density at radius 3 is 2.66 bits per heavy atom. The molecule has 2 unspecified atom stereocenters. The Bertz CT molecular complexity index is 2050. The molecule has 2 aromatic carbocycles. The van der Waals surface area contributed by atoms with Crippen molar-refractivity contribution in [1.29, 1.82) is 0 Å². The lowest BCUT2D eigenvalue weighted by atomic mass is 9.82. The summed E-state index contributed by atoms with van der Waals surface area (Å²) in [5.41, 5.74) is 0.470. The van der Waals surface area contributed by atoms with Gasteiger partial charge < -0.3 is 15.0 Å². The van der Waals surface area contributed by atoms with E-state index in [2.05, 4.69) is 39.7 Å². The fraction of sp³-hybridized carbons (Fsp3) is 0.486. The number of nitrogens with one attached hydrogen (secondary N) is 1. The van der Waals surface area contributed by atoms with Crippen LogP contribution in [0.4, 0.5) is 27.8 Å². The highest BCUT2D eigenvalue weighted by molar-refractivity contribution is 6.03. The van der Waals surface area contributed by atoms with Crippen LogP contribution in [-0.4, -0.2) is 83.7 Å². The highest BCUT2D eigenvalue weighted by atomic mass is 19.4. The third kappa shape index (κ3) is 5.71. The molecule has 4 aromatic rings. The average molecular weight is 693 g/mol. The second-order valence-electron chi connectivity index (χ2n) is 14.5. The SMILES string of the molecule is C#Cc1c(F)ccc2cccc(-c3nc4c5c(nc(OCC6(CN7CCC(OC(F)(F)F)C7)CC6)nc5c3F)N3CCNCC3(C)[C@@H](C)C4)c12. The summed E-state index contributed by atoms with van der Waals surface area (Å²) in [6, 6.07) is 8.20. The maximum Gasteiger partial charge on any atom is 0.522 e. The summed E-state index contributed by atoms with van der Waals surface area (Å²) >= 11 is 0. The molecule has 0 bridgehead atoms. The zero-order chi connectivity index (χ0) is 35.0. The van der Waals surface area contributed by atoms with Crippen molar-refractivity contribution in [3.8, 4) is 29.6 Å². The standard InChI is InChI=1S/C37H37F5N6O2/c1-4-24-26(38)9-8-22-6-5-7-25(28(22)24)31-30(39)32-29-27(44-31)16-21(2)35(3)18-43-13-15-48(35)33(29)46-34(45-32)49-20-36(11-12-36)19-47-14-10-23(17-47)50-37(40,41)42/h1,5-9,21,23,43H,10-20H2,2-3H3/t21-,23?,35?/m0/s1. The first-order chi connectivity index (χ1) is 23.9. The van der Waals surface area contributed by atoms with Crippen LogP contribution in [0.25, 0.3) is 32.9 Å². The number of aromatic nitrogens is 3. The first-order valence-corrected chi connectivity index (χ1v) is 17.0. The number of halogens is 5. The quantitative estimate of drug-likeness (QED) is 0.181. The normalized spacial score (nSPS) is 24.6. The summed E-state index contributed by atoms with van der Waals surface area (Å²) in [5.74, 6) is 1.82. The second-order valence-corrected chi connectivity index (χ2v) is 14.5. The van der Waals surface area contributed by atoms with Gasteiger partial charge in [-0.1, -0.05) is 37.1 Å². The van der Waals surface area contributed by atoms with Gasteiger partial charge in [0.2, 0.25) is 0 Å². The van der Waals surface area contributed by atoms with E-state index < -0.39 is 24.1 Å². The van der Waals surface area contributed by atoms with Gasteiger partial charge in [0.05, 0.1) is 34.9 Å². The highest BCUT2D eigenvalue weighted by Gasteiger charge is 2.48. The average Bonchev–Trinajstić information content (AvgIpc) is 3.73. The number of terminal acetylenes is 1. The summed E-state index contributed by atoms with van der Waals surface area (Å²) in [6.07, 6.45) is 2.71. The molecule has 0 radical (unpaired) electrons. The van der Waals surface area contributed by atoms with Crippen LogP contribution in [0.1, 0.15) is 44.4 Å². The van der Waals surface area contributed by atoms with Crippen LogP contribution < -0.4 is 15.0 Å². The molecule has 13 heteroatoms. The third-order valence-corrected chi connectivity index (χ3v) is 11.2. The van der Waals surface area contributed by atoms with Gasteiger partial charge in [-0.3, -0.25) is 9.64 Å². The van der Waals surface area contributed by atoms with Gasteiger partial charge in [0, 0.05) is 55.6 Å². The molecule has 1 N–H and O–H groups in total. The van der Waals surface area contributed by atoms with Gasteiger partial charge >= 0.3 is 12.4 Å². The number of alkyl halides is 3. The molecule has 0 spiro atoms. The number of ether oxygens (including phenoxy) is 2. The van der Waals surface area contributed by atoms with Crippen LogP contribution in [0.15, 0.2) is 30.3 Å². The lowest BCUT2D eigenvalue weighted by Crippen LogP contribution is -2.63. The monoisotopic (exact) mass is 692 g/mol. The van der Waals surface area contributed by atoms with Crippen molar-refractivity contribution < 1.29 is 31.4 Å². The van der Waals surface area contributed by atoms with Gasteiger partial charge in [-0.15, -0.1) is 19.6 Å². The first-order valence-electron chi connectivity index (χ1n) is 17.0. The number of hydrogen-bond acceptors (Lipinski definition) is 8. The molecule has 1 saturated carbocycles. The van der Waals surface area contributed by atoms with E-state index in [0.717, 1.165) is 12.8 Å². The Morgan fingerprint density at radius 2 is 1.90 bits per heavy atom. The van der Waals surface area contributed by atoms with Crippen LogP contribution in [0.3, 0.4) is 0 Å². The van der Waals surface area contributed by atoms with Crippen LogP contribution in [0, 0.1) is 35.3 Å². The highest BCUT2D eigenvalue weighted by Crippen LogP contribution is 2.48. The minimum Gasteiger partial charge on any atom is -0.463 e. The molecular weight excluding hydrogens is 655 g/mol. The Kier molecular flexibility index (Phi) is 7.93. The van der Waals surface area contributed by atoms with Crippen LogP contribution in [0.2, 0.25) is 0 Å². The van der Waals surface area contributed by atoms with Crippen LogP contribution >= 0.6 is 0 Å². The lowest BCUT2D eigenvalue weighted by molar-refractivity contribution is -0.340. The number of nitrogens with zero attached hydrogens (tertiary/aromatic N) is 5. The molecule has 0 amide bonds. The molecule has 2 saturated heterocycles. The molecule has 5 heterocycles. The van der Waals surface area contributed by atoms with E-state index in [1.807, 2.05) is 4.90 Å². The Morgan fingerprint density at radius 1 is 1.08 bits per heavy atom. The van der Waals surface area contributed by atoms with E-state index in [4.69, 9.17) is 21.1 Å². The molecule has 3 aliphatic heterocycles. The molecule has 3 fully saturated rings. The number of hydrogen-bond donors (Lipinski definition) is 1. The molecule has 2 aromatic heterocycles. The smallest absolute Gasteiger partial charge is 0.463 e. The van der Waals surface area contributed by atoms with E-state index >= 15 is 4.39 Å². The van der Waals surface area contributed by atoms with E-state index in [1.54, 1.807) is 24.3 Å². The zero-order valence-corrected chi connectivity index (χ0v) is 27.8. The lowest BCUT2D eigenvalue weighted by Gasteiger charge is -2.48. The molecule has 1 aliphatic carbocycles. The predicted octanol–water partition coefficient (Wildman–Crippen LogP) is 6.23. The summed E-state index contributed by atoms with van der Waals surface area (Å²) in [5, 5.41) is 5.08. The van der Waals surface area contributed by atoms with Crippen LogP contribution in [-0.2, 0) is 11.2 Å². The van der Waals surface area contributed by atoms with Gasteiger partial charge in [0.25, 0.3) is 0 Å². The third-order valence-electron chi connectivity index (χ3n) is 11.2. The van der Waals surface area contributed by atoms with Gasteiger partial charge in [-0.05, 0) is 50.0 Å². The largest absolute Gasteiger partial charge is 0.522 e. The number of fused-ring (bicyclic) bond motifs is 3. The van der Waals surface area contributed by atoms with Gasteiger partial charge in [-0.2, -0.15) is 9.97 Å². The molecule has 4 aliphatic rings. The fourth-order valence-electron chi connectivity index (χ4n) is 8.11. The maximum atomic E-state index is 17.1. The fourth-order valence-corrected chi connectivity index (χ4v) is 8.11. The van der Waals surface area contributed by atoms with Crippen molar-refractivity contribution in [1.82, 2.24) is 25.2 Å². The summed E-state index contributed by atoms with van der Waals surface area (Å²) < 4.78 is 81.1. The number of benzene rings is 2. The van der Waals surface area contributed by atoms with Crippen LogP contribution in [0.5, 0.6) is 6.01 Å². The second kappa shape index (κ2) is 12.0. The zero-order valence-electron chi connectivity index (χ0n) is 27.8. The minimum atomic E-state index is -4.66. The van der Waals surface area contributed by atoms with Gasteiger partial charge in [-0.25, -0.2) is 13.8 Å². The van der Waals surface area contributed by atoms with E-state index in [1.165, 1.54) is 6.07 Å². The summed E-state index contributed by atoms with van der Waals surface area (Å²) in [6.45, 7) is 7.82. The van der Waals surface area contributed by atoms with E-state index in [0.29, 0.717) is 78.8 Å². The van der Waals surface area contributed by atoms with Crippen molar-refractivity contribution in [2.24, 2.45) is 11.3 Å². The molecule has 8 rings (SSSR count). The van der Waals surface area contributed by atoms with Crippen molar-refractivity contribution in [3.05, 3.63) is 53.2 Å². The van der Waals surface area contributed by atoms with Crippen molar-refractivity contribution in [2.75, 3.05) is 50.8 Å². The molecular formula is C37H37F5N6O2. The summed E-state index contributed by atoms with van der Waals surface area (Å²) in [7, 11) is 0. The van der Waals surface area contributed by atoms with E-state index in [9.17, 15) is 17.6 Å². The van der Waals surface area contributed by atoms with E-state index in [-0.39, 0.29) is 52.8 Å². The summed E-state index contributed by atoms with van der Waals surface area (Å²) in [4.78, 5) is 18.8. The number of pyridine rings is 1. The number of anilines is 1.